The van der Waals surface area contributed by atoms with Gasteiger partial charge in [-0.05, 0) is 30.3 Å². The molecule has 0 atom stereocenters. The third-order valence-electron chi connectivity index (χ3n) is 2.90. The second-order valence-corrected chi connectivity index (χ2v) is 5.16. The molecular weight excluding hydrogens is 338 g/mol. The number of rotatable bonds is 2. The summed E-state index contributed by atoms with van der Waals surface area (Å²) in [6.07, 6.45) is 1.53. The summed E-state index contributed by atoms with van der Waals surface area (Å²) in [7, 11) is 0. The minimum Gasteiger partial charge on any atom is -0.476 e. The number of carboxylic acid groups (broad SMARTS) is 1. The Labute approximate surface area is 126 Å². The van der Waals surface area contributed by atoms with E-state index in [1.165, 1.54) is 16.9 Å². The Bertz CT molecular complexity index is 921. The Morgan fingerprint density at radius 2 is 2.05 bits per heavy atom. The van der Waals surface area contributed by atoms with Crippen molar-refractivity contribution in [1.29, 1.82) is 0 Å². The van der Waals surface area contributed by atoms with Crippen molar-refractivity contribution in [1.82, 2.24) is 14.8 Å². The van der Waals surface area contributed by atoms with Gasteiger partial charge in [-0.15, -0.1) is 0 Å². The second kappa shape index (κ2) is 5.10. The summed E-state index contributed by atoms with van der Waals surface area (Å²) in [6, 6.07) is 10.3. The smallest absolute Gasteiger partial charge is 0.360 e. The van der Waals surface area contributed by atoms with Crippen LogP contribution in [-0.2, 0) is 0 Å². The molecule has 0 spiro atoms. The van der Waals surface area contributed by atoms with Crippen LogP contribution in [-0.4, -0.2) is 25.8 Å². The summed E-state index contributed by atoms with van der Waals surface area (Å²) >= 11 is 3.35. The maximum absolute atomic E-state index is 12.1. The van der Waals surface area contributed by atoms with Gasteiger partial charge in [0.25, 0.3) is 0 Å². The summed E-state index contributed by atoms with van der Waals surface area (Å²) in [5.74, 6) is -1.37. The van der Waals surface area contributed by atoms with E-state index in [1.54, 1.807) is 24.3 Å². The van der Waals surface area contributed by atoms with E-state index in [-0.39, 0.29) is 5.39 Å². The summed E-state index contributed by atoms with van der Waals surface area (Å²) in [5.41, 5.74) is -0.256. The highest BCUT2D eigenvalue weighted by molar-refractivity contribution is 9.10. The molecule has 0 saturated carbocycles. The number of halogens is 1. The molecule has 0 unspecified atom stereocenters. The van der Waals surface area contributed by atoms with Crippen LogP contribution < -0.4 is 5.43 Å². The van der Waals surface area contributed by atoms with Gasteiger partial charge in [0.05, 0.1) is 11.1 Å². The van der Waals surface area contributed by atoms with E-state index in [2.05, 4.69) is 26.0 Å². The lowest BCUT2D eigenvalue weighted by atomic mass is 10.2. The highest BCUT2D eigenvalue weighted by Gasteiger charge is 2.17. The topological polar surface area (TPSA) is 85.1 Å². The molecular formula is C14H8BrN3O3. The van der Waals surface area contributed by atoms with Crippen LogP contribution in [0.2, 0.25) is 0 Å². The SMILES string of the molecule is O=C(O)c1nn(-c2cccc(Br)c2)c2ncccc2c1=O. The van der Waals surface area contributed by atoms with Gasteiger partial charge in [0.2, 0.25) is 11.1 Å². The Morgan fingerprint density at radius 1 is 1.24 bits per heavy atom. The van der Waals surface area contributed by atoms with E-state index in [0.717, 1.165) is 4.47 Å². The van der Waals surface area contributed by atoms with Crippen molar-refractivity contribution in [3.05, 3.63) is 63.0 Å². The van der Waals surface area contributed by atoms with Crippen molar-refractivity contribution in [2.24, 2.45) is 0 Å². The third kappa shape index (κ3) is 2.31. The maximum Gasteiger partial charge on any atom is 0.360 e. The number of fused-ring (bicyclic) bond motifs is 1. The molecule has 21 heavy (non-hydrogen) atoms. The Hall–Kier alpha value is -2.54. The van der Waals surface area contributed by atoms with Gasteiger partial charge in [-0.3, -0.25) is 4.79 Å². The standard InChI is InChI=1S/C14H8BrN3O3/c15-8-3-1-4-9(7-8)18-13-10(5-2-6-16-13)12(19)11(17-18)14(20)21/h1-7H,(H,20,21). The average Bonchev–Trinajstić information content (AvgIpc) is 2.47. The van der Waals surface area contributed by atoms with Crippen LogP contribution in [0.15, 0.2) is 51.9 Å². The van der Waals surface area contributed by atoms with Crippen molar-refractivity contribution in [2.45, 2.75) is 0 Å². The first kappa shape index (κ1) is 13.4. The molecule has 104 valence electrons. The van der Waals surface area contributed by atoms with Gasteiger partial charge in [0, 0.05) is 10.7 Å². The van der Waals surface area contributed by atoms with E-state index in [1.807, 2.05) is 6.07 Å². The van der Waals surface area contributed by atoms with Crippen LogP contribution in [0, 0.1) is 0 Å². The summed E-state index contributed by atoms with van der Waals surface area (Å²) < 4.78 is 2.16. The molecule has 7 heteroatoms. The first-order valence-electron chi connectivity index (χ1n) is 5.95. The Balaban J connectivity index is 2.44. The highest BCUT2D eigenvalue weighted by atomic mass is 79.9. The minimum atomic E-state index is -1.37. The molecule has 1 aromatic carbocycles. The van der Waals surface area contributed by atoms with Gasteiger partial charge < -0.3 is 5.11 Å². The predicted octanol–water partition coefficient (Wildman–Crippen LogP) is 2.24. The minimum absolute atomic E-state index is 0.213. The fourth-order valence-corrected chi connectivity index (χ4v) is 2.38. The number of carboxylic acids is 1. The molecule has 2 aromatic heterocycles. The molecule has 0 fully saturated rings. The molecule has 2 heterocycles. The quantitative estimate of drug-likeness (QED) is 0.769. The summed E-state index contributed by atoms with van der Waals surface area (Å²) in [6.45, 7) is 0. The lowest BCUT2D eigenvalue weighted by Crippen LogP contribution is -2.22. The largest absolute Gasteiger partial charge is 0.476 e. The van der Waals surface area contributed by atoms with E-state index in [4.69, 9.17) is 5.11 Å². The Kier molecular flexibility index (Phi) is 3.26. The van der Waals surface area contributed by atoms with Crippen LogP contribution in [0.1, 0.15) is 10.5 Å². The second-order valence-electron chi connectivity index (χ2n) is 4.25. The number of aromatic carboxylic acids is 1. The fourth-order valence-electron chi connectivity index (χ4n) is 1.99. The number of nitrogens with zero attached hydrogens (tertiary/aromatic N) is 3. The lowest BCUT2D eigenvalue weighted by molar-refractivity contribution is 0.0687. The molecule has 3 rings (SSSR count). The molecule has 0 aliphatic carbocycles. The van der Waals surface area contributed by atoms with Crippen LogP contribution in [0.5, 0.6) is 0 Å². The van der Waals surface area contributed by atoms with Crippen molar-refractivity contribution in [2.75, 3.05) is 0 Å². The number of pyridine rings is 1. The highest BCUT2D eigenvalue weighted by Crippen LogP contribution is 2.17. The van der Waals surface area contributed by atoms with Crippen molar-refractivity contribution in [3.63, 3.8) is 0 Å². The van der Waals surface area contributed by atoms with Gasteiger partial charge in [0.1, 0.15) is 0 Å². The van der Waals surface area contributed by atoms with Gasteiger partial charge >= 0.3 is 5.97 Å². The zero-order valence-corrected chi connectivity index (χ0v) is 12.1. The number of hydrogen-bond acceptors (Lipinski definition) is 4. The molecule has 0 aliphatic heterocycles. The number of aromatic nitrogens is 3. The number of carbonyl (C=O) groups is 1. The van der Waals surface area contributed by atoms with Crippen molar-refractivity contribution < 1.29 is 9.90 Å². The number of hydrogen-bond donors (Lipinski definition) is 1. The monoisotopic (exact) mass is 345 g/mol. The van der Waals surface area contributed by atoms with Gasteiger partial charge in [-0.25, -0.2) is 14.5 Å². The first-order valence-corrected chi connectivity index (χ1v) is 6.74. The van der Waals surface area contributed by atoms with Crippen molar-refractivity contribution >= 4 is 32.9 Å². The molecule has 0 amide bonds. The number of benzene rings is 1. The van der Waals surface area contributed by atoms with Crippen LogP contribution in [0.25, 0.3) is 16.7 Å². The van der Waals surface area contributed by atoms with Gasteiger partial charge in [0.15, 0.2) is 5.65 Å². The van der Waals surface area contributed by atoms with Crippen molar-refractivity contribution in [3.8, 4) is 5.69 Å². The zero-order valence-electron chi connectivity index (χ0n) is 10.5. The first-order chi connectivity index (χ1) is 10.1. The molecule has 0 aliphatic rings. The van der Waals surface area contributed by atoms with E-state index in [0.29, 0.717) is 11.3 Å². The molecule has 0 bridgehead atoms. The fraction of sp³-hybridized carbons (Fsp3) is 0. The summed E-state index contributed by atoms with van der Waals surface area (Å²) in [4.78, 5) is 27.5. The average molecular weight is 346 g/mol. The molecule has 0 saturated heterocycles. The van der Waals surface area contributed by atoms with Crippen LogP contribution >= 0.6 is 15.9 Å². The van der Waals surface area contributed by atoms with Crippen LogP contribution in [0.4, 0.5) is 0 Å². The lowest BCUT2D eigenvalue weighted by Gasteiger charge is -2.10. The van der Waals surface area contributed by atoms with E-state index < -0.39 is 17.1 Å². The zero-order chi connectivity index (χ0) is 15.0. The molecule has 6 nitrogen and oxygen atoms in total. The van der Waals surface area contributed by atoms with Crippen LogP contribution in [0.3, 0.4) is 0 Å². The van der Waals surface area contributed by atoms with E-state index in [9.17, 15) is 9.59 Å². The predicted molar refractivity (Wildman–Crippen MR) is 79.8 cm³/mol. The Morgan fingerprint density at radius 3 is 2.76 bits per heavy atom. The van der Waals surface area contributed by atoms with Gasteiger partial charge in [-0.2, -0.15) is 5.10 Å². The van der Waals surface area contributed by atoms with Gasteiger partial charge in [-0.1, -0.05) is 22.0 Å². The molecule has 3 aromatic rings. The summed E-state index contributed by atoms with van der Waals surface area (Å²) in [5, 5.41) is 13.3. The van der Waals surface area contributed by atoms with E-state index >= 15 is 0 Å². The normalized spacial score (nSPS) is 10.7. The maximum atomic E-state index is 12.1. The third-order valence-corrected chi connectivity index (χ3v) is 3.40. The molecule has 0 radical (unpaired) electrons. The molecule has 1 N–H and O–H groups in total.